The third-order valence-electron chi connectivity index (χ3n) is 1.38. The van der Waals surface area contributed by atoms with Crippen LogP contribution in [0, 0.1) is 4.91 Å². The summed E-state index contributed by atoms with van der Waals surface area (Å²) < 4.78 is 0. The fourth-order valence-electron chi connectivity index (χ4n) is 0.814. The van der Waals surface area contributed by atoms with Gasteiger partial charge in [-0.05, 0) is 0 Å². The summed E-state index contributed by atoms with van der Waals surface area (Å²) in [7, 11) is 1.42. The third-order valence-corrected chi connectivity index (χ3v) is 1.38. The second-order valence-electron chi connectivity index (χ2n) is 2.31. The van der Waals surface area contributed by atoms with E-state index in [0.717, 1.165) is 5.01 Å². The van der Waals surface area contributed by atoms with E-state index < -0.39 is 0 Å². The lowest BCUT2D eigenvalue weighted by molar-refractivity contribution is 0.450. The normalized spacial score (nSPS) is 9.42. The van der Waals surface area contributed by atoms with Crippen LogP contribution in [0.5, 0.6) is 11.5 Å². The van der Waals surface area contributed by atoms with Crippen molar-refractivity contribution in [1.29, 1.82) is 0 Å². The molecular weight excluding hydrogens is 160 g/mol. The molecule has 1 rings (SSSR count). The van der Waals surface area contributed by atoms with Crippen LogP contribution in [-0.2, 0) is 0 Å². The predicted molar refractivity (Wildman–Crippen MR) is 44.0 cm³/mol. The van der Waals surface area contributed by atoms with Gasteiger partial charge in [-0.3, -0.25) is 0 Å². The van der Waals surface area contributed by atoms with Crippen LogP contribution in [0.25, 0.3) is 0 Å². The van der Waals surface area contributed by atoms with E-state index >= 15 is 0 Å². The summed E-state index contributed by atoms with van der Waals surface area (Å²) in [5, 5.41) is 21.6. The van der Waals surface area contributed by atoms with Crippen LogP contribution in [0.4, 0.5) is 5.69 Å². The summed E-state index contributed by atoms with van der Waals surface area (Å²) in [6.07, 6.45) is 0. The molecule has 2 N–H and O–H groups in total. The van der Waals surface area contributed by atoms with Gasteiger partial charge in [0.2, 0.25) is 0 Å². The van der Waals surface area contributed by atoms with Crippen LogP contribution in [0.15, 0.2) is 23.5 Å². The topological polar surface area (TPSA) is 73.1 Å². The molecule has 0 atom stereocenters. The minimum Gasteiger partial charge on any atom is -0.508 e. The maximum absolute atomic E-state index is 10.0. The highest BCUT2D eigenvalue weighted by atomic mass is 16.3. The Labute approximate surface area is 68.8 Å². The van der Waals surface area contributed by atoms with Crippen LogP contribution in [0.1, 0.15) is 0 Å². The van der Waals surface area contributed by atoms with Gasteiger partial charge in [-0.15, -0.1) is 4.91 Å². The lowest BCUT2D eigenvalue weighted by atomic mass is 10.3. The SMILES string of the molecule is CN(N=O)c1cc(O)cc(O)c1. The number of hydrogen-bond acceptors (Lipinski definition) is 4. The first kappa shape index (κ1) is 8.32. The highest BCUT2D eigenvalue weighted by molar-refractivity contribution is 5.53. The van der Waals surface area contributed by atoms with Gasteiger partial charge in [-0.2, -0.15) is 0 Å². The van der Waals surface area contributed by atoms with Crippen molar-refractivity contribution in [2.24, 2.45) is 5.29 Å². The fourth-order valence-corrected chi connectivity index (χ4v) is 0.814. The van der Waals surface area contributed by atoms with Gasteiger partial charge in [0.05, 0.1) is 11.0 Å². The standard InChI is InChI=1S/C7H8N2O3/c1-9(8-12)5-2-6(10)4-7(11)3-5/h2-4,10-11H,1H3. The van der Waals surface area contributed by atoms with Gasteiger partial charge in [0.15, 0.2) is 0 Å². The van der Waals surface area contributed by atoms with E-state index in [1.54, 1.807) is 0 Å². The van der Waals surface area contributed by atoms with Crippen molar-refractivity contribution in [3.05, 3.63) is 23.1 Å². The van der Waals surface area contributed by atoms with Crippen LogP contribution in [0.3, 0.4) is 0 Å². The summed E-state index contributed by atoms with van der Waals surface area (Å²) in [4.78, 5) is 10.0. The molecule has 0 aliphatic carbocycles. The predicted octanol–water partition coefficient (Wildman–Crippen LogP) is 1.22. The minimum absolute atomic E-state index is 0.111. The van der Waals surface area contributed by atoms with E-state index in [-0.39, 0.29) is 11.5 Å². The Hall–Kier alpha value is -1.78. The summed E-state index contributed by atoms with van der Waals surface area (Å²) in [6, 6.07) is 3.81. The number of nitrogens with zero attached hydrogens (tertiary/aromatic N) is 2. The third kappa shape index (κ3) is 1.63. The van der Waals surface area contributed by atoms with Crippen molar-refractivity contribution in [3.63, 3.8) is 0 Å². The van der Waals surface area contributed by atoms with Gasteiger partial charge in [0, 0.05) is 25.2 Å². The molecule has 0 radical (unpaired) electrons. The second kappa shape index (κ2) is 3.08. The van der Waals surface area contributed by atoms with E-state index in [4.69, 9.17) is 10.2 Å². The molecule has 5 heteroatoms. The Morgan fingerprint density at radius 1 is 1.25 bits per heavy atom. The molecule has 0 saturated carbocycles. The van der Waals surface area contributed by atoms with Crippen molar-refractivity contribution in [2.75, 3.05) is 12.1 Å². The monoisotopic (exact) mass is 168 g/mol. The van der Waals surface area contributed by atoms with Crippen molar-refractivity contribution < 1.29 is 10.2 Å². The highest BCUT2D eigenvalue weighted by Gasteiger charge is 2.03. The number of anilines is 1. The molecule has 0 heterocycles. The molecule has 64 valence electrons. The molecule has 1 aromatic rings. The fraction of sp³-hybridized carbons (Fsp3) is 0.143. The highest BCUT2D eigenvalue weighted by Crippen LogP contribution is 2.25. The second-order valence-corrected chi connectivity index (χ2v) is 2.31. The van der Waals surface area contributed by atoms with Crippen molar-refractivity contribution in [3.8, 4) is 11.5 Å². The minimum atomic E-state index is -0.111. The number of nitroso groups, excluding NO2 is 1. The lowest BCUT2D eigenvalue weighted by Crippen LogP contribution is -2.05. The smallest absolute Gasteiger partial charge is 0.121 e. The van der Waals surface area contributed by atoms with E-state index in [9.17, 15) is 4.91 Å². The van der Waals surface area contributed by atoms with Crippen LogP contribution in [-0.4, -0.2) is 17.3 Å². The Bertz CT molecular complexity index is 280. The maximum Gasteiger partial charge on any atom is 0.121 e. The molecule has 0 aromatic heterocycles. The molecule has 0 spiro atoms. The number of phenolic OH excluding ortho intramolecular Hbond substituents is 2. The molecule has 12 heavy (non-hydrogen) atoms. The summed E-state index contributed by atoms with van der Waals surface area (Å²) in [5.41, 5.74) is 0.336. The Kier molecular flexibility index (Phi) is 2.14. The molecule has 0 saturated heterocycles. The zero-order chi connectivity index (χ0) is 9.14. The van der Waals surface area contributed by atoms with Crippen molar-refractivity contribution in [2.45, 2.75) is 0 Å². The van der Waals surface area contributed by atoms with Crippen LogP contribution < -0.4 is 5.01 Å². The largest absolute Gasteiger partial charge is 0.508 e. The average molecular weight is 168 g/mol. The molecule has 0 aliphatic rings. The molecule has 0 amide bonds. The summed E-state index contributed by atoms with van der Waals surface area (Å²) in [6.45, 7) is 0. The maximum atomic E-state index is 10.0. The van der Waals surface area contributed by atoms with Gasteiger partial charge in [0.1, 0.15) is 11.5 Å². The van der Waals surface area contributed by atoms with Crippen LogP contribution in [0.2, 0.25) is 0 Å². The van der Waals surface area contributed by atoms with Gasteiger partial charge in [0.25, 0.3) is 0 Å². The van der Waals surface area contributed by atoms with Crippen LogP contribution >= 0.6 is 0 Å². The van der Waals surface area contributed by atoms with Gasteiger partial charge >= 0.3 is 0 Å². The molecule has 0 bridgehead atoms. The van der Waals surface area contributed by atoms with Gasteiger partial charge < -0.3 is 10.2 Å². The molecule has 0 fully saturated rings. The van der Waals surface area contributed by atoms with Crippen molar-refractivity contribution in [1.82, 2.24) is 0 Å². The van der Waals surface area contributed by atoms with E-state index in [1.807, 2.05) is 0 Å². The zero-order valence-corrected chi connectivity index (χ0v) is 6.43. The number of aromatic hydroxyl groups is 2. The molecular formula is C7H8N2O3. The number of benzene rings is 1. The number of phenols is 2. The lowest BCUT2D eigenvalue weighted by Gasteiger charge is -2.08. The Morgan fingerprint density at radius 3 is 2.17 bits per heavy atom. The average Bonchev–Trinajstić information content (AvgIpc) is 2.01. The van der Waals surface area contributed by atoms with Gasteiger partial charge in [-0.1, -0.05) is 0 Å². The summed E-state index contributed by atoms with van der Waals surface area (Å²) >= 11 is 0. The van der Waals surface area contributed by atoms with E-state index in [2.05, 4.69) is 5.29 Å². The first-order valence-electron chi connectivity index (χ1n) is 3.23. The molecule has 1 aromatic carbocycles. The summed E-state index contributed by atoms with van der Waals surface area (Å²) in [5.74, 6) is -0.221. The first-order valence-corrected chi connectivity index (χ1v) is 3.23. The molecule has 0 unspecified atom stereocenters. The Balaban J connectivity index is 3.08. The quantitative estimate of drug-likeness (QED) is 0.514. The van der Waals surface area contributed by atoms with E-state index in [1.165, 1.54) is 25.2 Å². The van der Waals surface area contributed by atoms with Crippen molar-refractivity contribution >= 4 is 5.69 Å². The zero-order valence-electron chi connectivity index (χ0n) is 6.43. The van der Waals surface area contributed by atoms with E-state index in [0.29, 0.717) is 5.69 Å². The molecule has 5 nitrogen and oxygen atoms in total. The first-order chi connectivity index (χ1) is 5.63. The Morgan fingerprint density at radius 2 is 1.75 bits per heavy atom. The number of rotatable bonds is 2. The number of hydrogen-bond donors (Lipinski definition) is 2. The van der Waals surface area contributed by atoms with Gasteiger partial charge in [-0.25, -0.2) is 5.01 Å². The molecule has 0 aliphatic heterocycles.